The molecule has 0 radical (unpaired) electrons. The van der Waals surface area contributed by atoms with Crippen molar-refractivity contribution >= 4 is 43.4 Å². The number of thioether (sulfide) groups is 1. The highest BCUT2D eigenvalue weighted by atomic mass is 79.9. The molecule has 0 heterocycles. The van der Waals surface area contributed by atoms with Gasteiger partial charge in [0.2, 0.25) is 10.0 Å². The zero-order chi connectivity index (χ0) is 16.3. The molecule has 0 amide bonds. The Morgan fingerprint density at radius 1 is 1.38 bits per heavy atom. The lowest BCUT2D eigenvalue weighted by Crippen LogP contribution is -2.39. The highest BCUT2D eigenvalue weighted by Gasteiger charge is 2.29. The maximum atomic E-state index is 13.9. The number of hydrogen-bond donors (Lipinski definition) is 2. The first-order valence-corrected chi connectivity index (χ1v) is 10.0. The van der Waals surface area contributed by atoms with E-state index in [0.29, 0.717) is 4.47 Å². The van der Waals surface area contributed by atoms with Gasteiger partial charge in [0.15, 0.2) is 0 Å². The van der Waals surface area contributed by atoms with E-state index >= 15 is 0 Å². The van der Waals surface area contributed by atoms with Gasteiger partial charge in [-0.15, -0.1) is 0 Å². The van der Waals surface area contributed by atoms with Gasteiger partial charge in [-0.25, -0.2) is 17.5 Å². The van der Waals surface area contributed by atoms with Crippen molar-refractivity contribution in [2.75, 3.05) is 18.5 Å². The van der Waals surface area contributed by atoms with Gasteiger partial charge in [-0.1, -0.05) is 13.8 Å². The predicted molar refractivity (Wildman–Crippen MR) is 90.5 cm³/mol. The molecule has 0 atom stereocenters. The topological polar surface area (TPSA) is 72.2 Å². The monoisotopic (exact) mass is 398 g/mol. The van der Waals surface area contributed by atoms with E-state index < -0.39 is 20.7 Å². The van der Waals surface area contributed by atoms with Crippen LogP contribution in [0, 0.1) is 5.82 Å². The van der Waals surface area contributed by atoms with Gasteiger partial charge in [-0.3, -0.25) is 0 Å². The molecule has 0 saturated heterocycles. The van der Waals surface area contributed by atoms with Crippen molar-refractivity contribution in [3.05, 3.63) is 22.4 Å². The Morgan fingerprint density at radius 3 is 2.43 bits per heavy atom. The minimum atomic E-state index is -3.93. The van der Waals surface area contributed by atoms with Crippen LogP contribution in [0.4, 0.5) is 10.1 Å². The summed E-state index contributed by atoms with van der Waals surface area (Å²) in [5.74, 6) is -0.827. The van der Waals surface area contributed by atoms with Crippen molar-refractivity contribution in [1.82, 2.24) is 4.72 Å². The average Bonchev–Trinajstić information content (AvgIpc) is 2.45. The standard InChI is InChI=1S/C13H20BrFN2O2S2/c1-4-13(5-2,20-3)8-17-21(18,19)12-7-11(16)9(14)6-10(12)15/h6-7,17H,4-5,8,16H2,1-3H3. The van der Waals surface area contributed by atoms with Gasteiger partial charge < -0.3 is 5.73 Å². The van der Waals surface area contributed by atoms with E-state index in [9.17, 15) is 12.8 Å². The molecule has 4 nitrogen and oxygen atoms in total. The van der Waals surface area contributed by atoms with Gasteiger partial charge in [-0.05, 0) is 47.2 Å². The molecule has 0 aliphatic heterocycles. The summed E-state index contributed by atoms with van der Waals surface area (Å²) in [4.78, 5) is -0.426. The first-order chi connectivity index (χ1) is 9.71. The molecule has 0 bridgehead atoms. The summed E-state index contributed by atoms with van der Waals surface area (Å²) in [7, 11) is -3.93. The van der Waals surface area contributed by atoms with Crippen LogP contribution in [0.3, 0.4) is 0 Å². The van der Waals surface area contributed by atoms with E-state index in [1.54, 1.807) is 11.8 Å². The second-order valence-corrected chi connectivity index (χ2v) is 8.59. The molecule has 0 aromatic heterocycles. The fraction of sp³-hybridized carbons (Fsp3) is 0.538. The minimum absolute atomic E-state index is 0.180. The molecule has 0 aliphatic carbocycles. The Bertz CT molecular complexity index is 596. The van der Waals surface area contributed by atoms with Crippen LogP contribution < -0.4 is 10.5 Å². The largest absolute Gasteiger partial charge is 0.398 e. The molecule has 21 heavy (non-hydrogen) atoms. The summed E-state index contributed by atoms with van der Waals surface area (Å²) in [5.41, 5.74) is 5.82. The van der Waals surface area contributed by atoms with Crippen LogP contribution in [0.25, 0.3) is 0 Å². The van der Waals surface area contributed by atoms with Crippen LogP contribution in [0.15, 0.2) is 21.5 Å². The van der Waals surface area contributed by atoms with Gasteiger partial charge in [0, 0.05) is 21.5 Å². The first kappa shape index (κ1) is 18.7. The summed E-state index contributed by atoms with van der Waals surface area (Å²) in [6.45, 7) is 4.26. The number of nitrogens with two attached hydrogens (primary N) is 1. The third-order valence-corrected chi connectivity index (χ3v) is 7.34. The summed E-state index contributed by atoms with van der Waals surface area (Å²) in [5, 5.41) is 0. The van der Waals surface area contributed by atoms with E-state index in [1.807, 2.05) is 20.1 Å². The lowest BCUT2D eigenvalue weighted by molar-refractivity contribution is 0.516. The number of halogens is 2. The number of rotatable bonds is 7. The highest BCUT2D eigenvalue weighted by molar-refractivity contribution is 9.10. The van der Waals surface area contributed by atoms with Gasteiger partial charge in [0.1, 0.15) is 10.7 Å². The molecule has 120 valence electrons. The van der Waals surface area contributed by atoms with E-state index in [0.717, 1.165) is 25.0 Å². The van der Waals surface area contributed by atoms with Gasteiger partial charge in [-0.2, -0.15) is 11.8 Å². The molecule has 0 saturated carbocycles. The molecule has 1 aromatic rings. The molecule has 1 aromatic carbocycles. The molecule has 0 fully saturated rings. The molecular weight excluding hydrogens is 379 g/mol. The second kappa shape index (κ2) is 7.30. The summed E-state index contributed by atoms with van der Waals surface area (Å²) < 4.78 is 41.1. The summed E-state index contributed by atoms with van der Waals surface area (Å²) >= 11 is 4.68. The van der Waals surface area contributed by atoms with Gasteiger partial charge in [0.05, 0.1) is 0 Å². The number of nitrogen functional groups attached to an aromatic ring is 1. The first-order valence-electron chi connectivity index (χ1n) is 6.50. The lowest BCUT2D eigenvalue weighted by Gasteiger charge is -2.29. The zero-order valence-electron chi connectivity index (χ0n) is 12.2. The average molecular weight is 399 g/mol. The molecule has 0 unspecified atom stereocenters. The quantitative estimate of drug-likeness (QED) is 0.690. The van der Waals surface area contributed by atoms with Gasteiger partial charge in [0.25, 0.3) is 0 Å². The molecule has 1 rings (SSSR count). The Labute approximate surface area is 138 Å². The van der Waals surface area contributed by atoms with E-state index in [2.05, 4.69) is 20.7 Å². The van der Waals surface area contributed by atoms with Crippen molar-refractivity contribution in [2.45, 2.75) is 36.3 Å². The van der Waals surface area contributed by atoms with E-state index in [1.165, 1.54) is 0 Å². The smallest absolute Gasteiger partial charge is 0.243 e. The third kappa shape index (κ3) is 4.34. The molecule has 0 spiro atoms. The van der Waals surface area contributed by atoms with Crippen LogP contribution in [-0.2, 0) is 10.0 Å². The van der Waals surface area contributed by atoms with Crippen LogP contribution in [0.1, 0.15) is 26.7 Å². The van der Waals surface area contributed by atoms with Crippen molar-refractivity contribution < 1.29 is 12.8 Å². The number of hydrogen-bond acceptors (Lipinski definition) is 4. The van der Waals surface area contributed by atoms with Gasteiger partial charge >= 0.3 is 0 Å². The fourth-order valence-corrected chi connectivity index (χ4v) is 4.34. The zero-order valence-corrected chi connectivity index (χ0v) is 15.5. The maximum Gasteiger partial charge on any atom is 0.243 e. The van der Waals surface area contributed by atoms with Crippen LogP contribution in [0.2, 0.25) is 0 Å². The van der Waals surface area contributed by atoms with Crippen molar-refractivity contribution in [1.29, 1.82) is 0 Å². The number of sulfonamides is 1. The highest BCUT2D eigenvalue weighted by Crippen LogP contribution is 2.31. The van der Waals surface area contributed by atoms with Crippen molar-refractivity contribution in [3.8, 4) is 0 Å². The van der Waals surface area contributed by atoms with E-state index in [-0.39, 0.29) is 17.0 Å². The number of nitrogens with one attached hydrogen (secondary N) is 1. The predicted octanol–water partition coefficient (Wildman–Crippen LogP) is 3.37. The Morgan fingerprint density at radius 2 is 1.95 bits per heavy atom. The van der Waals surface area contributed by atoms with Crippen LogP contribution in [0.5, 0.6) is 0 Å². The SMILES string of the molecule is CCC(CC)(CNS(=O)(=O)c1cc(N)c(Br)cc1F)SC. The van der Waals surface area contributed by atoms with Crippen LogP contribution >= 0.6 is 27.7 Å². The molecule has 3 N–H and O–H groups in total. The fourth-order valence-electron chi connectivity index (χ4n) is 1.92. The third-order valence-electron chi connectivity index (χ3n) is 3.65. The van der Waals surface area contributed by atoms with E-state index in [4.69, 9.17) is 5.73 Å². The second-order valence-electron chi connectivity index (χ2n) is 4.72. The van der Waals surface area contributed by atoms with Crippen LogP contribution in [-0.4, -0.2) is 26.0 Å². The number of benzene rings is 1. The number of anilines is 1. The Balaban J connectivity index is 3.05. The molecule has 8 heteroatoms. The molecule has 0 aliphatic rings. The minimum Gasteiger partial charge on any atom is -0.398 e. The Hall–Kier alpha value is -0.310. The van der Waals surface area contributed by atoms with Crippen molar-refractivity contribution in [3.63, 3.8) is 0 Å². The van der Waals surface area contributed by atoms with Crippen molar-refractivity contribution in [2.24, 2.45) is 0 Å². The Kier molecular flexibility index (Phi) is 6.52. The molecular formula is C13H20BrFN2O2S2. The lowest BCUT2D eigenvalue weighted by atomic mass is 10.0. The summed E-state index contributed by atoms with van der Waals surface area (Å²) in [6, 6.07) is 2.19. The normalized spacial score (nSPS) is 12.6. The maximum absolute atomic E-state index is 13.9. The summed E-state index contributed by atoms with van der Waals surface area (Å²) in [6.07, 6.45) is 3.58.